The molecule has 0 aliphatic heterocycles. The summed E-state index contributed by atoms with van der Waals surface area (Å²) in [6.45, 7) is 1.31. The molecule has 14 heteroatoms. The Labute approximate surface area is 231 Å². The average Bonchev–Trinajstić information content (AvgIpc) is 2.88. The van der Waals surface area contributed by atoms with E-state index in [9.17, 15) is 24.6 Å². The fraction of sp³-hybridized carbons (Fsp3) is 0.480. The van der Waals surface area contributed by atoms with Gasteiger partial charge in [0.1, 0.15) is 24.0 Å². The highest BCUT2D eigenvalue weighted by molar-refractivity contribution is 8.09. The third-order valence-electron chi connectivity index (χ3n) is 5.38. The van der Waals surface area contributed by atoms with E-state index in [2.05, 4.69) is 5.09 Å². The quantitative estimate of drug-likeness (QED) is 0.136. The van der Waals surface area contributed by atoms with Gasteiger partial charge in [-0.2, -0.15) is 0 Å². The number of aromatic amines is 1. The first-order valence-electron chi connectivity index (χ1n) is 12.1. The maximum atomic E-state index is 12.8. The summed E-state index contributed by atoms with van der Waals surface area (Å²) in [4.78, 5) is 38.5. The first-order valence-corrected chi connectivity index (χ1v) is 14.7. The Morgan fingerprint density at radius 2 is 1.95 bits per heavy atom. The first kappa shape index (κ1) is 32.4. The molecule has 0 bridgehead atoms. The number of aliphatic hydroxyl groups is 2. The van der Waals surface area contributed by atoms with Crippen LogP contribution in [0.3, 0.4) is 0 Å². The zero-order valence-corrected chi connectivity index (χ0v) is 23.8. The Bertz CT molecular complexity index is 1290. The number of carbonyl (C=O) groups excluding carboxylic acids is 1. The van der Waals surface area contributed by atoms with E-state index in [1.807, 2.05) is 17.8 Å². The van der Waals surface area contributed by atoms with E-state index < -0.39 is 54.4 Å². The third-order valence-corrected chi connectivity index (χ3v) is 7.80. The van der Waals surface area contributed by atoms with Crippen LogP contribution in [0.1, 0.15) is 33.6 Å². The number of aromatic nitrogens is 2. The SMILES string of the molecule is C#C[C@@](O)([C@H](O)C(COP(=S)(NC(CCC)C(=O)OC(C)C)Oc1ccccc1)OC)n1ccc(=O)[nH]c1=O. The lowest BCUT2D eigenvalue weighted by molar-refractivity contribution is -0.154. The number of aliphatic hydroxyl groups excluding tert-OH is 1. The maximum absolute atomic E-state index is 12.8. The highest BCUT2D eigenvalue weighted by Gasteiger charge is 2.43. The Morgan fingerprint density at radius 3 is 2.49 bits per heavy atom. The molecule has 39 heavy (non-hydrogen) atoms. The van der Waals surface area contributed by atoms with Crippen molar-refractivity contribution in [3.05, 3.63) is 63.4 Å². The molecule has 2 rings (SSSR count). The number of para-hydroxylation sites is 1. The van der Waals surface area contributed by atoms with Crippen LogP contribution in [0.2, 0.25) is 0 Å². The molecule has 214 valence electrons. The molecule has 0 amide bonds. The fourth-order valence-electron chi connectivity index (χ4n) is 3.44. The van der Waals surface area contributed by atoms with Crippen LogP contribution in [0.15, 0.2) is 52.2 Å². The van der Waals surface area contributed by atoms with Gasteiger partial charge in [0.25, 0.3) is 5.56 Å². The van der Waals surface area contributed by atoms with Crippen LogP contribution >= 0.6 is 6.64 Å². The van der Waals surface area contributed by atoms with Crippen LogP contribution in [0, 0.1) is 12.3 Å². The van der Waals surface area contributed by atoms with E-state index in [-0.39, 0.29) is 6.10 Å². The van der Waals surface area contributed by atoms with E-state index in [0.29, 0.717) is 23.2 Å². The predicted molar refractivity (Wildman–Crippen MR) is 148 cm³/mol. The summed E-state index contributed by atoms with van der Waals surface area (Å²) in [7, 11) is 1.22. The van der Waals surface area contributed by atoms with Crippen molar-refractivity contribution < 1.29 is 33.5 Å². The van der Waals surface area contributed by atoms with Crippen LogP contribution in [-0.4, -0.2) is 63.8 Å². The van der Waals surface area contributed by atoms with E-state index in [4.69, 9.17) is 36.8 Å². The lowest BCUT2D eigenvalue weighted by atomic mass is 10.0. The molecular formula is C25H34N3O9PS. The van der Waals surface area contributed by atoms with Crippen molar-refractivity contribution in [2.75, 3.05) is 13.7 Å². The van der Waals surface area contributed by atoms with Crippen molar-refractivity contribution in [1.82, 2.24) is 14.6 Å². The van der Waals surface area contributed by atoms with Crippen molar-refractivity contribution in [3.63, 3.8) is 0 Å². The number of rotatable bonds is 15. The van der Waals surface area contributed by atoms with Gasteiger partial charge < -0.3 is 28.7 Å². The lowest BCUT2D eigenvalue weighted by Gasteiger charge is -2.35. The third kappa shape index (κ3) is 8.84. The Hall–Kier alpha value is -2.82. The topological polar surface area (TPSA) is 161 Å². The smallest absolute Gasteiger partial charge is 0.331 e. The lowest BCUT2D eigenvalue weighted by Crippen LogP contribution is -2.56. The second-order valence-electron chi connectivity index (χ2n) is 8.72. The molecule has 0 saturated heterocycles. The summed E-state index contributed by atoms with van der Waals surface area (Å²) < 4.78 is 23.2. The number of nitrogens with one attached hydrogen (secondary N) is 2. The Morgan fingerprint density at radius 1 is 1.28 bits per heavy atom. The van der Waals surface area contributed by atoms with Gasteiger partial charge in [-0.1, -0.05) is 31.5 Å². The maximum Gasteiger partial charge on any atom is 0.331 e. The van der Waals surface area contributed by atoms with Crippen LogP contribution < -0.4 is 20.9 Å². The van der Waals surface area contributed by atoms with Gasteiger partial charge in [-0.25, -0.2) is 9.88 Å². The number of H-pyrrole nitrogens is 1. The van der Waals surface area contributed by atoms with Crippen molar-refractivity contribution in [2.24, 2.45) is 0 Å². The molecule has 1 aromatic heterocycles. The molecule has 3 unspecified atom stereocenters. The number of carbonyl (C=O) groups is 1. The second-order valence-corrected chi connectivity index (χ2v) is 11.9. The first-order chi connectivity index (χ1) is 18.4. The van der Waals surface area contributed by atoms with Crippen LogP contribution in [0.4, 0.5) is 0 Å². The molecule has 0 saturated carbocycles. The predicted octanol–water partition coefficient (Wildman–Crippen LogP) is 1.22. The van der Waals surface area contributed by atoms with Gasteiger partial charge in [-0.3, -0.25) is 19.1 Å². The van der Waals surface area contributed by atoms with Crippen LogP contribution in [0.5, 0.6) is 5.75 Å². The van der Waals surface area contributed by atoms with E-state index in [0.717, 1.165) is 12.3 Å². The molecule has 0 aliphatic rings. The van der Waals surface area contributed by atoms with Crippen molar-refractivity contribution in [1.29, 1.82) is 0 Å². The van der Waals surface area contributed by atoms with Gasteiger partial charge >= 0.3 is 18.3 Å². The number of hydrogen-bond donors (Lipinski definition) is 4. The van der Waals surface area contributed by atoms with Gasteiger partial charge in [-0.15, -0.1) is 6.42 Å². The van der Waals surface area contributed by atoms with E-state index >= 15 is 0 Å². The summed E-state index contributed by atoms with van der Waals surface area (Å²) >= 11 is 5.72. The monoisotopic (exact) mass is 583 g/mol. The molecule has 5 atom stereocenters. The van der Waals surface area contributed by atoms with E-state index in [1.54, 1.807) is 44.2 Å². The van der Waals surface area contributed by atoms with Crippen LogP contribution in [0.25, 0.3) is 0 Å². The van der Waals surface area contributed by atoms with Crippen LogP contribution in [-0.2, 0) is 36.3 Å². The summed E-state index contributed by atoms with van der Waals surface area (Å²) in [6, 6.07) is 8.62. The largest absolute Gasteiger partial charge is 0.462 e. The zero-order valence-electron chi connectivity index (χ0n) is 22.1. The highest BCUT2D eigenvalue weighted by atomic mass is 32.5. The summed E-state index contributed by atoms with van der Waals surface area (Å²) in [6.07, 6.45) is 3.77. The molecule has 0 spiro atoms. The Balaban J connectivity index is 2.37. The number of ether oxygens (including phenoxy) is 2. The number of nitrogens with zero attached hydrogens (tertiary/aromatic N) is 1. The fourth-order valence-corrected chi connectivity index (χ4v) is 5.80. The highest BCUT2D eigenvalue weighted by Crippen LogP contribution is 2.46. The number of esters is 1. The Kier molecular flexibility index (Phi) is 12.1. The van der Waals surface area contributed by atoms with Crippen molar-refractivity contribution in [2.45, 2.75) is 63.7 Å². The molecular weight excluding hydrogens is 549 g/mol. The summed E-state index contributed by atoms with van der Waals surface area (Å²) in [5, 5.41) is 25.0. The van der Waals surface area contributed by atoms with E-state index in [1.165, 1.54) is 7.11 Å². The van der Waals surface area contributed by atoms with Gasteiger partial charge in [0.05, 0.1) is 12.7 Å². The number of terminal acetylenes is 1. The molecule has 1 aromatic carbocycles. The summed E-state index contributed by atoms with van der Waals surface area (Å²) in [5.74, 6) is 1.79. The minimum Gasteiger partial charge on any atom is -0.462 e. The zero-order chi connectivity index (χ0) is 29.2. The minimum atomic E-state index is -3.54. The molecule has 1 heterocycles. The standard InChI is InChI=1S/C25H34N3O9PS/c1-6-11-19(23(31)36-17(3)4)27-38(39,37-18-12-9-8-10-13-18)35-16-20(34-5)22(30)25(33,7-2)28-15-14-21(29)26-24(28)32/h2,8-10,12-15,17,19-20,22,30,33H,6,11,16H2,1,3-5H3,(H,27,39)(H,26,29,32)/t19?,20?,22-,25-,38?/m1/s1. The van der Waals surface area contributed by atoms with Crippen molar-refractivity contribution >= 4 is 24.4 Å². The normalized spacial score (nSPS) is 16.8. The molecule has 0 aliphatic carbocycles. The molecule has 0 fully saturated rings. The summed E-state index contributed by atoms with van der Waals surface area (Å²) in [5.41, 5.74) is -4.41. The number of benzene rings is 1. The van der Waals surface area contributed by atoms with Crippen molar-refractivity contribution in [3.8, 4) is 18.1 Å². The minimum absolute atomic E-state index is 0.357. The average molecular weight is 584 g/mol. The van der Waals surface area contributed by atoms with Gasteiger partial charge in [0, 0.05) is 19.4 Å². The molecule has 12 nitrogen and oxygen atoms in total. The molecule has 4 N–H and O–H groups in total. The van der Waals surface area contributed by atoms with Gasteiger partial charge in [0.15, 0.2) is 0 Å². The second kappa shape index (κ2) is 14.5. The number of methoxy groups -OCH3 is 1. The molecule has 2 aromatic rings. The molecule has 0 radical (unpaired) electrons. The number of hydrogen-bond acceptors (Lipinski definition) is 10. The van der Waals surface area contributed by atoms with Gasteiger partial charge in [-0.05, 0) is 50.1 Å². The van der Waals surface area contributed by atoms with Gasteiger partial charge in [0.2, 0.25) is 5.72 Å².